The minimum atomic E-state index is 0.365. The van der Waals surface area contributed by atoms with E-state index in [4.69, 9.17) is 5.73 Å². The van der Waals surface area contributed by atoms with Gasteiger partial charge in [-0.25, -0.2) is 0 Å². The molecule has 0 aliphatic heterocycles. The minimum absolute atomic E-state index is 0.365. The van der Waals surface area contributed by atoms with Gasteiger partial charge in [0.25, 0.3) is 0 Å². The molecule has 0 unspecified atom stereocenters. The van der Waals surface area contributed by atoms with Gasteiger partial charge in [-0.1, -0.05) is 27.7 Å². The van der Waals surface area contributed by atoms with E-state index in [0.717, 1.165) is 0 Å². The van der Waals surface area contributed by atoms with Crippen LogP contribution in [-0.2, 0) is 0 Å². The van der Waals surface area contributed by atoms with Crippen LogP contribution in [0, 0.1) is 10.8 Å². The Morgan fingerprint density at radius 2 is 1.70 bits per heavy atom. The molecule has 60 valence electrons. The lowest BCUT2D eigenvalue weighted by Gasteiger charge is -2.23. The van der Waals surface area contributed by atoms with Crippen molar-refractivity contribution >= 4 is 0 Å². The average Bonchev–Trinajstić information content (AvgIpc) is 1.73. The molecule has 1 atom stereocenters. The monoisotopic (exact) mass is 141 g/mol. The summed E-state index contributed by atoms with van der Waals surface area (Å²) < 4.78 is 0. The van der Waals surface area contributed by atoms with Gasteiger partial charge in [0.1, 0.15) is 0 Å². The molecular formula is C9H19N. The normalized spacial score (nSPS) is 36.3. The van der Waals surface area contributed by atoms with Gasteiger partial charge in [0, 0.05) is 6.04 Å². The Bertz CT molecular complexity index is 136. The van der Waals surface area contributed by atoms with Gasteiger partial charge in [-0.3, -0.25) is 0 Å². The Hall–Kier alpha value is -0.0400. The van der Waals surface area contributed by atoms with Gasteiger partial charge in [-0.2, -0.15) is 0 Å². The van der Waals surface area contributed by atoms with Crippen molar-refractivity contribution in [1.82, 2.24) is 0 Å². The molecule has 0 spiro atoms. The third-order valence-corrected chi connectivity index (χ3v) is 2.71. The van der Waals surface area contributed by atoms with Gasteiger partial charge < -0.3 is 5.73 Å². The van der Waals surface area contributed by atoms with Crippen LogP contribution in [0.2, 0.25) is 0 Å². The van der Waals surface area contributed by atoms with Gasteiger partial charge in [0.2, 0.25) is 0 Å². The minimum Gasteiger partial charge on any atom is -0.327 e. The third-order valence-electron chi connectivity index (χ3n) is 2.71. The molecule has 1 aliphatic carbocycles. The van der Waals surface area contributed by atoms with E-state index in [1.165, 1.54) is 12.8 Å². The van der Waals surface area contributed by atoms with Crippen LogP contribution >= 0.6 is 0 Å². The van der Waals surface area contributed by atoms with Gasteiger partial charge in [0.05, 0.1) is 0 Å². The van der Waals surface area contributed by atoms with Crippen molar-refractivity contribution in [3.63, 3.8) is 0 Å². The molecule has 0 heterocycles. The van der Waals surface area contributed by atoms with Crippen molar-refractivity contribution < 1.29 is 0 Å². The molecule has 1 fully saturated rings. The van der Waals surface area contributed by atoms with E-state index in [1.54, 1.807) is 0 Å². The topological polar surface area (TPSA) is 26.0 Å². The highest BCUT2D eigenvalue weighted by atomic mass is 14.7. The summed E-state index contributed by atoms with van der Waals surface area (Å²) in [6.07, 6.45) is 2.45. The first kappa shape index (κ1) is 8.06. The summed E-state index contributed by atoms with van der Waals surface area (Å²) in [4.78, 5) is 0. The van der Waals surface area contributed by atoms with Gasteiger partial charge in [0.15, 0.2) is 0 Å². The van der Waals surface area contributed by atoms with Crippen LogP contribution in [0.5, 0.6) is 0 Å². The molecule has 0 aromatic heterocycles. The molecule has 1 aliphatic rings. The zero-order valence-electron chi connectivity index (χ0n) is 7.57. The Morgan fingerprint density at radius 3 is 1.80 bits per heavy atom. The summed E-state index contributed by atoms with van der Waals surface area (Å²) >= 11 is 0. The molecule has 10 heavy (non-hydrogen) atoms. The maximum absolute atomic E-state index is 5.99. The number of hydrogen-bond donors (Lipinski definition) is 1. The van der Waals surface area contributed by atoms with Crippen molar-refractivity contribution in [2.45, 2.75) is 46.6 Å². The predicted octanol–water partition coefficient (Wildman–Crippen LogP) is 2.16. The number of nitrogens with two attached hydrogens (primary N) is 1. The van der Waals surface area contributed by atoms with E-state index < -0.39 is 0 Å². The summed E-state index contributed by atoms with van der Waals surface area (Å²) in [7, 11) is 0. The van der Waals surface area contributed by atoms with Gasteiger partial charge in [-0.15, -0.1) is 0 Å². The van der Waals surface area contributed by atoms with Gasteiger partial charge in [-0.05, 0) is 23.7 Å². The van der Waals surface area contributed by atoms with Crippen molar-refractivity contribution in [2.75, 3.05) is 0 Å². The van der Waals surface area contributed by atoms with E-state index in [2.05, 4.69) is 27.7 Å². The quantitative estimate of drug-likeness (QED) is 0.549. The molecule has 1 nitrogen and oxygen atoms in total. The zero-order valence-corrected chi connectivity index (χ0v) is 7.57. The third kappa shape index (κ3) is 1.34. The first-order valence-corrected chi connectivity index (χ1v) is 4.09. The van der Waals surface area contributed by atoms with E-state index in [1.807, 2.05) is 0 Å². The fourth-order valence-electron chi connectivity index (χ4n) is 2.31. The van der Waals surface area contributed by atoms with Crippen LogP contribution in [0.3, 0.4) is 0 Å². The summed E-state index contributed by atoms with van der Waals surface area (Å²) in [6, 6.07) is 0.405. The maximum Gasteiger partial charge on any atom is 0.00955 e. The summed E-state index contributed by atoms with van der Waals surface area (Å²) in [5.41, 5.74) is 6.83. The molecule has 1 heteroatoms. The summed E-state index contributed by atoms with van der Waals surface area (Å²) in [5.74, 6) is 0. The first-order valence-electron chi connectivity index (χ1n) is 4.09. The van der Waals surface area contributed by atoms with E-state index in [-0.39, 0.29) is 0 Å². The number of rotatable bonds is 0. The van der Waals surface area contributed by atoms with E-state index >= 15 is 0 Å². The average molecular weight is 141 g/mol. The predicted molar refractivity (Wildman–Crippen MR) is 44.8 cm³/mol. The maximum atomic E-state index is 5.99. The highest BCUT2D eigenvalue weighted by Gasteiger charge is 2.42. The van der Waals surface area contributed by atoms with E-state index in [0.29, 0.717) is 16.9 Å². The molecule has 0 amide bonds. The van der Waals surface area contributed by atoms with Crippen LogP contribution in [0.25, 0.3) is 0 Å². The summed E-state index contributed by atoms with van der Waals surface area (Å²) in [5, 5.41) is 0. The molecule has 1 rings (SSSR count). The molecule has 0 aromatic carbocycles. The SMILES string of the molecule is CC1(C)C[C@H](N)C(C)(C)C1. The van der Waals surface area contributed by atoms with Crippen molar-refractivity contribution in [1.29, 1.82) is 0 Å². The Labute approximate surface area is 64.0 Å². The lowest BCUT2D eigenvalue weighted by atomic mass is 9.84. The number of hydrogen-bond acceptors (Lipinski definition) is 1. The second-order valence-corrected chi connectivity index (χ2v) is 5.14. The van der Waals surface area contributed by atoms with E-state index in [9.17, 15) is 0 Å². The largest absolute Gasteiger partial charge is 0.327 e. The molecule has 1 saturated carbocycles. The lowest BCUT2D eigenvalue weighted by Crippen LogP contribution is -2.31. The van der Waals surface area contributed by atoms with Crippen LogP contribution < -0.4 is 5.73 Å². The van der Waals surface area contributed by atoms with Gasteiger partial charge >= 0.3 is 0 Å². The highest BCUT2D eigenvalue weighted by Crippen LogP contribution is 2.47. The smallest absolute Gasteiger partial charge is 0.00955 e. The van der Waals surface area contributed by atoms with Crippen LogP contribution in [0.4, 0.5) is 0 Å². The first-order chi connectivity index (χ1) is 4.33. The fourth-order valence-corrected chi connectivity index (χ4v) is 2.31. The van der Waals surface area contributed by atoms with Crippen LogP contribution in [0.15, 0.2) is 0 Å². The Balaban J connectivity index is 2.71. The fraction of sp³-hybridized carbons (Fsp3) is 1.00. The van der Waals surface area contributed by atoms with Crippen LogP contribution in [-0.4, -0.2) is 6.04 Å². The molecule has 2 N–H and O–H groups in total. The standard InChI is InChI=1S/C9H19N/c1-8(2)5-7(10)9(3,4)6-8/h7H,5-6,10H2,1-4H3/t7-/m0/s1. The second kappa shape index (κ2) is 1.97. The Kier molecular flexibility index (Phi) is 1.59. The van der Waals surface area contributed by atoms with Crippen LogP contribution in [0.1, 0.15) is 40.5 Å². The summed E-state index contributed by atoms with van der Waals surface area (Å²) in [6.45, 7) is 9.15. The molecule has 0 saturated heterocycles. The molecule has 0 aromatic rings. The molecular weight excluding hydrogens is 122 g/mol. The lowest BCUT2D eigenvalue weighted by molar-refractivity contribution is 0.293. The van der Waals surface area contributed by atoms with Crippen molar-refractivity contribution in [3.8, 4) is 0 Å². The second-order valence-electron chi connectivity index (χ2n) is 5.14. The molecule has 0 bridgehead atoms. The van der Waals surface area contributed by atoms with Crippen molar-refractivity contribution in [3.05, 3.63) is 0 Å². The molecule has 0 radical (unpaired) electrons. The zero-order chi connectivity index (χ0) is 7.99. The highest BCUT2D eigenvalue weighted by molar-refractivity contribution is 4.96. The Morgan fingerprint density at radius 1 is 1.20 bits per heavy atom. The van der Waals surface area contributed by atoms with Crippen molar-refractivity contribution in [2.24, 2.45) is 16.6 Å².